The lowest BCUT2D eigenvalue weighted by atomic mass is 10.2. The van der Waals surface area contributed by atoms with Gasteiger partial charge in [0.1, 0.15) is 0 Å². The summed E-state index contributed by atoms with van der Waals surface area (Å²) in [7, 11) is 0. The highest BCUT2D eigenvalue weighted by molar-refractivity contribution is 7.14. The summed E-state index contributed by atoms with van der Waals surface area (Å²) in [5, 5.41) is 17.3. The maximum Gasteiger partial charge on any atom is 0.269 e. The number of nitro benzene ring substituents is 1. The number of nitrogens with one attached hydrogen (secondary N) is 1. The Morgan fingerprint density at radius 3 is 2.57 bits per heavy atom. The molecule has 0 amide bonds. The molecule has 0 saturated heterocycles. The second-order valence-electron chi connectivity index (χ2n) is 4.62. The quantitative estimate of drug-likeness (QED) is 0.434. The molecule has 0 aliphatic rings. The topological polar surface area (TPSA) is 80.4 Å². The summed E-state index contributed by atoms with van der Waals surface area (Å²) in [6.07, 6.45) is 1.59. The molecule has 2 aromatic carbocycles. The number of non-ortho nitro benzene ring substituents is 1. The second-order valence-corrected chi connectivity index (χ2v) is 5.48. The van der Waals surface area contributed by atoms with E-state index in [4.69, 9.17) is 0 Å². The van der Waals surface area contributed by atoms with Crippen LogP contribution in [0.4, 0.5) is 10.8 Å². The average molecular weight is 324 g/mol. The minimum absolute atomic E-state index is 0.0579. The van der Waals surface area contributed by atoms with Crippen LogP contribution >= 0.6 is 11.3 Å². The van der Waals surface area contributed by atoms with Gasteiger partial charge in [0.15, 0.2) is 0 Å². The number of hydrogen-bond acceptors (Lipinski definition) is 6. The molecule has 0 saturated carbocycles. The van der Waals surface area contributed by atoms with E-state index in [-0.39, 0.29) is 5.69 Å². The van der Waals surface area contributed by atoms with E-state index in [1.807, 2.05) is 35.7 Å². The highest BCUT2D eigenvalue weighted by Gasteiger charge is 2.04. The summed E-state index contributed by atoms with van der Waals surface area (Å²) in [5.41, 5.74) is 5.63. The zero-order valence-corrected chi connectivity index (χ0v) is 12.7. The summed E-state index contributed by atoms with van der Waals surface area (Å²) < 4.78 is 0. The van der Waals surface area contributed by atoms with Crippen molar-refractivity contribution in [2.75, 3.05) is 5.43 Å². The molecule has 0 radical (unpaired) electrons. The van der Waals surface area contributed by atoms with Gasteiger partial charge in [0.05, 0.1) is 16.8 Å². The summed E-state index contributed by atoms with van der Waals surface area (Å²) in [6, 6.07) is 16.1. The third kappa shape index (κ3) is 3.78. The van der Waals surface area contributed by atoms with Crippen LogP contribution < -0.4 is 5.43 Å². The van der Waals surface area contributed by atoms with Crippen molar-refractivity contribution in [2.45, 2.75) is 0 Å². The van der Waals surface area contributed by atoms with E-state index in [2.05, 4.69) is 15.5 Å². The summed E-state index contributed by atoms with van der Waals surface area (Å²) >= 11 is 1.46. The van der Waals surface area contributed by atoms with Gasteiger partial charge in [-0.2, -0.15) is 5.10 Å². The Hall–Kier alpha value is -3.06. The van der Waals surface area contributed by atoms with E-state index in [0.29, 0.717) is 5.13 Å². The standard InChI is InChI=1S/C16H12N4O2S/c21-20(22)14-8-6-12(7-9-14)10-17-19-16-18-15(11-23-16)13-4-2-1-3-5-13/h1-11H,(H,18,19)/b17-10+. The van der Waals surface area contributed by atoms with Crippen molar-refractivity contribution in [3.8, 4) is 11.3 Å². The molecule has 3 rings (SSSR count). The normalized spacial score (nSPS) is 10.8. The third-order valence-electron chi connectivity index (χ3n) is 3.05. The number of nitrogens with zero attached hydrogens (tertiary/aromatic N) is 3. The number of benzene rings is 2. The van der Waals surface area contributed by atoms with Gasteiger partial charge in [-0.3, -0.25) is 15.5 Å². The molecule has 0 fully saturated rings. The van der Waals surface area contributed by atoms with Crippen LogP contribution in [0.3, 0.4) is 0 Å². The molecule has 0 atom stereocenters. The number of aromatic nitrogens is 1. The van der Waals surface area contributed by atoms with Gasteiger partial charge < -0.3 is 0 Å². The number of rotatable bonds is 5. The Labute approximate surface area is 136 Å². The molecule has 1 aromatic heterocycles. The first-order valence-corrected chi connectivity index (χ1v) is 7.65. The minimum Gasteiger partial charge on any atom is -0.258 e. The number of hydrogen-bond donors (Lipinski definition) is 1. The molecule has 0 unspecified atom stereocenters. The Morgan fingerprint density at radius 1 is 1.13 bits per heavy atom. The van der Waals surface area contributed by atoms with Crippen molar-refractivity contribution in [3.05, 3.63) is 75.7 Å². The molecule has 3 aromatic rings. The van der Waals surface area contributed by atoms with Gasteiger partial charge in [-0.15, -0.1) is 11.3 Å². The maximum atomic E-state index is 10.6. The summed E-state index contributed by atoms with van der Waals surface area (Å²) in [4.78, 5) is 14.6. The fraction of sp³-hybridized carbons (Fsp3) is 0. The average Bonchev–Trinajstić information content (AvgIpc) is 3.05. The molecule has 0 bridgehead atoms. The fourth-order valence-corrected chi connectivity index (χ4v) is 2.58. The first kappa shape index (κ1) is 14.9. The molecule has 6 nitrogen and oxygen atoms in total. The van der Waals surface area contributed by atoms with Crippen LogP contribution in [0.25, 0.3) is 11.3 Å². The van der Waals surface area contributed by atoms with Crippen LogP contribution in [0.15, 0.2) is 65.1 Å². The van der Waals surface area contributed by atoms with Gasteiger partial charge in [0.25, 0.3) is 5.69 Å². The first-order valence-electron chi connectivity index (χ1n) is 6.77. The largest absolute Gasteiger partial charge is 0.269 e. The first-order chi connectivity index (χ1) is 11.2. The fourth-order valence-electron chi connectivity index (χ4n) is 1.91. The highest BCUT2D eigenvalue weighted by atomic mass is 32.1. The van der Waals surface area contributed by atoms with Crippen LogP contribution in [0.5, 0.6) is 0 Å². The Bertz CT molecular complexity index is 829. The van der Waals surface area contributed by atoms with E-state index < -0.39 is 4.92 Å². The molecule has 0 aliphatic heterocycles. The second kappa shape index (κ2) is 6.80. The van der Waals surface area contributed by atoms with Gasteiger partial charge in [-0.25, -0.2) is 4.98 Å². The van der Waals surface area contributed by atoms with Gasteiger partial charge in [-0.1, -0.05) is 30.3 Å². The van der Waals surface area contributed by atoms with E-state index in [0.717, 1.165) is 16.8 Å². The monoisotopic (exact) mass is 324 g/mol. The van der Waals surface area contributed by atoms with Gasteiger partial charge in [0.2, 0.25) is 5.13 Å². The van der Waals surface area contributed by atoms with Crippen LogP contribution in [0.1, 0.15) is 5.56 Å². The third-order valence-corrected chi connectivity index (χ3v) is 3.80. The zero-order chi connectivity index (χ0) is 16.1. The molecule has 1 heterocycles. The molecular weight excluding hydrogens is 312 g/mol. The van der Waals surface area contributed by atoms with Crippen LogP contribution in [-0.4, -0.2) is 16.1 Å². The van der Waals surface area contributed by atoms with Crippen molar-refractivity contribution in [1.29, 1.82) is 0 Å². The number of hydrazone groups is 1. The maximum absolute atomic E-state index is 10.6. The predicted molar refractivity (Wildman–Crippen MR) is 91.9 cm³/mol. The minimum atomic E-state index is -0.431. The van der Waals surface area contributed by atoms with Crippen molar-refractivity contribution in [3.63, 3.8) is 0 Å². The Morgan fingerprint density at radius 2 is 1.87 bits per heavy atom. The zero-order valence-electron chi connectivity index (χ0n) is 11.9. The number of anilines is 1. The molecule has 114 valence electrons. The smallest absolute Gasteiger partial charge is 0.258 e. The van der Waals surface area contributed by atoms with Crippen molar-refractivity contribution >= 4 is 28.4 Å². The molecular formula is C16H12N4O2S. The number of nitro groups is 1. The number of thiazole rings is 1. The van der Waals surface area contributed by atoms with Crippen molar-refractivity contribution in [1.82, 2.24) is 4.98 Å². The van der Waals surface area contributed by atoms with Gasteiger partial charge in [0, 0.05) is 23.1 Å². The molecule has 23 heavy (non-hydrogen) atoms. The Kier molecular flexibility index (Phi) is 4.39. The van der Waals surface area contributed by atoms with Gasteiger partial charge >= 0.3 is 0 Å². The Balaban J connectivity index is 1.64. The van der Waals surface area contributed by atoms with E-state index in [1.54, 1.807) is 18.3 Å². The van der Waals surface area contributed by atoms with E-state index >= 15 is 0 Å². The lowest BCUT2D eigenvalue weighted by Gasteiger charge is -1.96. The molecule has 0 aliphatic carbocycles. The molecule has 7 heteroatoms. The summed E-state index contributed by atoms with van der Waals surface area (Å²) in [5.74, 6) is 0. The van der Waals surface area contributed by atoms with Crippen molar-refractivity contribution < 1.29 is 4.92 Å². The lowest BCUT2D eigenvalue weighted by Crippen LogP contribution is -1.91. The predicted octanol–water partition coefficient (Wildman–Crippen LogP) is 4.16. The summed E-state index contributed by atoms with van der Waals surface area (Å²) in [6.45, 7) is 0. The van der Waals surface area contributed by atoms with Crippen LogP contribution in [0, 0.1) is 10.1 Å². The SMILES string of the molecule is O=[N+]([O-])c1ccc(/C=N/Nc2nc(-c3ccccc3)cs2)cc1. The van der Waals surface area contributed by atoms with Gasteiger partial charge in [-0.05, 0) is 17.7 Å². The van der Waals surface area contributed by atoms with Crippen molar-refractivity contribution in [2.24, 2.45) is 5.10 Å². The van der Waals surface area contributed by atoms with Crippen LogP contribution in [0.2, 0.25) is 0 Å². The van der Waals surface area contributed by atoms with E-state index in [1.165, 1.54) is 23.5 Å². The molecule has 1 N–H and O–H groups in total. The van der Waals surface area contributed by atoms with E-state index in [9.17, 15) is 10.1 Å². The molecule has 0 spiro atoms. The lowest BCUT2D eigenvalue weighted by molar-refractivity contribution is -0.384. The van der Waals surface area contributed by atoms with Crippen LogP contribution in [-0.2, 0) is 0 Å². The highest BCUT2D eigenvalue weighted by Crippen LogP contribution is 2.24.